The fourth-order valence-corrected chi connectivity index (χ4v) is 2.10. The molecule has 0 unspecified atom stereocenters. The number of H-pyrrole nitrogens is 1. The van der Waals surface area contributed by atoms with Crippen molar-refractivity contribution in [3.05, 3.63) is 57.8 Å². The largest absolute Gasteiger partial charge is 0.493 e. The SMILES string of the molecule is CC(C)(C)c1ccc(OCCc2nc(CN)cc(=O)[nH]2)cc1. The van der Waals surface area contributed by atoms with E-state index in [0.29, 0.717) is 24.5 Å². The molecule has 0 aliphatic heterocycles. The van der Waals surface area contributed by atoms with Crippen molar-refractivity contribution in [1.82, 2.24) is 9.97 Å². The molecule has 1 aromatic heterocycles. The Kier molecular flexibility index (Phi) is 4.98. The highest BCUT2D eigenvalue weighted by Crippen LogP contribution is 2.24. The first-order valence-electron chi connectivity index (χ1n) is 7.41. The Hall–Kier alpha value is -2.14. The molecule has 2 rings (SSSR count). The molecule has 0 aliphatic carbocycles. The normalized spacial score (nSPS) is 11.5. The van der Waals surface area contributed by atoms with Gasteiger partial charge in [-0.25, -0.2) is 4.98 Å². The van der Waals surface area contributed by atoms with Crippen molar-refractivity contribution in [2.75, 3.05) is 6.61 Å². The van der Waals surface area contributed by atoms with Crippen LogP contribution < -0.4 is 16.0 Å². The number of ether oxygens (including phenoxy) is 1. The van der Waals surface area contributed by atoms with E-state index in [1.165, 1.54) is 11.6 Å². The summed E-state index contributed by atoms with van der Waals surface area (Å²) in [7, 11) is 0. The molecule has 2 aromatic rings. The zero-order valence-corrected chi connectivity index (χ0v) is 13.3. The molecule has 0 spiro atoms. The van der Waals surface area contributed by atoms with Gasteiger partial charge in [-0.2, -0.15) is 0 Å². The number of hydrogen-bond acceptors (Lipinski definition) is 4. The van der Waals surface area contributed by atoms with Gasteiger partial charge in [0.1, 0.15) is 11.6 Å². The number of hydrogen-bond donors (Lipinski definition) is 2. The second kappa shape index (κ2) is 6.75. The number of rotatable bonds is 5. The van der Waals surface area contributed by atoms with Gasteiger partial charge in [0.2, 0.25) is 0 Å². The predicted molar refractivity (Wildman–Crippen MR) is 87.1 cm³/mol. The van der Waals surface area contributed by atoms with E-state index in [9.17, 15) is 4.79 Å². The maximum absolute atomic E-state index is 11.4. The van der Waals surface area contributed by atoms with Crippen LogP contribution in [0.15, 0.2) is 35.1 Å². The van der Waals surface area contributed by atoms with Crippen molar-refractivity contribution >= 4 is 0 Å². The van der Waals surface area contributed by atoms with Gasteiger partial charge in [0.05, 0.1) is 12.3 Å². The zero-order chi connectivity index (χ0) is 16.2. The molecule has 0 amide bonds. The topological polar surface area (TPSA) is 81.0 Å². The highest BCUT2D eigenvalue weighted by Gasteiger charge is 2.12. The quantitative estimate of drug-likeness (QED) is 0.886. The molecular weight excluding hydrogens is 278 g/mol. The third kappa shape index (κ3) is 4.43. The predicted octanol–water partition coefficient (Wildman–Crippen LogP) is 2.15. The lowest BCUT2D eigenvalue weighted by molar-refractivity contribution is 0.318. The lowest BCUT2D eigenvalue weighted by Gasteiger charge is -2.19. The molecule has 0 atom stereocenters. The Morgan fingerprint density at radius 2 is 1.91 bits per heavy atom. The maximum Gasteiger partial charge on any atom is 0.251 e. The second-order valence-electron chi connectivity index (χ2n) is 6.26. The molecule has 3 N–H and O–H groups in total. The average Bonchev–Trinajstić information content (AvgIpc) is 2.46. The molecule has 0 saturated carbocycles. The van der Waals surface area contributed by atoms with Gasteiger partial charge < -0.3 is 15.5 Å². The van der Waals surface area contributed by atoms with Gasteiger partial charge in [0.25, 0.3) is 5.56 Å². The zero-order valence-electron chi connectivity index (χ0n) is 13.3. The Labute approximate surface area is 130 Å². The second-order valence-corrected chi connectivity index (χ2v) is 6.26. The van der Waals surface area contributed by atoms with Crippen molar-refractivity contribution < 1.29 is 4.74 Å². The summed E-state index contributed by atoms with van der Waals surface area (Å²) in [6, 6.07) is 9.49. The van der Waals surface area contributed by atoms with Crippen LogP contribution in [0.3, 0.4) is 0 Å². The van der Waals surface area contributed by atoms with Gasteiger partial charge in [-0.3, -0.25) is 4.79 Å². The molecular formula is C17H23N3O2. The van der Waals surface area contributed by atoms with E-state index in [0.717, 1.165) is 5.75 Å². The standard InChI is InChI=1S/C17H23N3O2/c1-17(2,3)12-4-6-14(7-5-12)22-9-8-15-19-13(11-18)10-16(21)20-15/h4-7,10H,8-9,11,18H2,1-3H3,(H,19,20,21). The Morgan fingerprint density at radius 3 is 2.50 bits per heavy atom. The van der Waals surface area contributed by atoms with Crippen LogP contribution in [0.2, 0.25) is 0 Å². The van der Waals surface area contributed by atoms with Crippen molar-refractivity contribution in [1.29, 1.82) is 0 Å². The van der Waals surface area contributed by atoms with Gasteiger partial charge in [0, 0.05) is 19.0 Å². The van der Waals surface area contributed by atoms with E-state index in [4.69, 9.17) is 10.5 Å². The van der Waals surface area contributed by atoms with Crippen molar-refractivity contribution in [2.24, 2.45) is 5.73 Å². The van der Waals surface area contributed by atoms with Crippen LogP contribution in [0.1, 0.15) is 37.9 Å². The van der Waals surface area contributed by atoms with Gasteiger partial charge in [0.15, 0.2) is 0 Å². The van der Waals surface area contributed by atoms with Crippen molar-refractivity contribution in [2.45, 2.75) is 39.2 Å². The Bertz CT molecular complexity index is 670. The van der Waals surface area contributed by atoms with Crippen LogP contribution in [0, 0.1) is 0 Å². The van der Waals surface area contributed by atoms with Crippen molar-refractivity contribution in [3.8, 4) is 5.75 Å². The van der Waals surface area contributed by atoms with Gasteiger partial charge in [-0.1, -0.05) is 32.9 Å². The van der Waals surface area contributed by atoms with Crippen LogP contribution in [0.25, 0.3) is 0 Å². The Balaban J connectivity index is 1.94. The number of aromatic amines is 1. The summed E-state index contributed by atoms with van der Waals surface area (Å²) in [6.45, 7) is 7.23. The van der Waals surface area contributed by atoms with Crippen LogP contribution in [-0.2, 0) is 18.4 Å². The first-order chi connectivity index (χ1) is 10.4. The van der Waals surface area contributed by atoms with Gasteiger partial charge in [-0.05, 0) is 23.1 Å². The molecule has 1 heterocycles. The van der Waals surface area contributed by atoms with E-state index in [1.807, 2.05) is 12.1 Å². The molecule has 0 saturated heterocycles. The molecule has 5 nitrogen and oxygen atoms in total. The summed E-state index contributed by atoms with van der Waals surface area (Å²) in [4.78, 5) is 18.4. The summed E-state index contributed by atoms with van der Waals surface area (Å²) in [5, 5.41) is 0. The molecule has 22 heavy (non-hydrogen) atoms. The third-order valence-electron chi connectivity index (χ3n) is 3.38. The lowest BCUT2D eigenvalue weighted by atomic mass is 9.87. The summed E-state index contributed by atoms with van der Waals surface area (Å²) < 4.78 is 5.70. The number of benzene rings is 1. The summed E-state index contributed by atoms with van der Waals surface area (Å²) in [5.74, 6) is 1.41. The first-order valence-corrected chi connectivity index (χ1v) is 7.41. The number of nitrogens with zero attached hydrogens (tertiary/aromatic N) is 1. The third-order valence-corrected chi connectivity index (χ3v) is 3.38. The molecule has 5 heteroatoms. The lowest BCUT2D eigenvalue weighted by Crippen LogP contribution is -2.16. The summed E-state index contributed by atoms with van der Waals surface area (Å²) in [6.07, 6.45) is 0.532. The average molecular weight is 301 g/mol. The number of nitrogens with two attached hydrogens (primary N) is 1. The maximum atomic E-state index is 11.4. The van der Waals surface area contributed by atoms with Crippen LogP contribution in [0.4, 0.5) is 0 Å². The Morgan fingerprint density at radius 1 is 1.23 bits per heavy atom. The molecule has 0 bridgehead atoms. The van der Waals surface area contributed by atoms with E-state index < -0.39 is 0 Å². The van der Waals surface area contributed by atoms with Crippen LogP contribution in [-0.4, -0.2) is 16.6 Å². The minimum Gasteiger partial charge on any atom is -0.493 e. The fraction of sp³-hybridized carbons (Fsp3) is 0.412. The molecule has 118 valence electrons. The number of nitrogens with one attached hydrogen (secondary N) is 1. The smallest absolute Gasteiger partial charge is 0.251 e. The van der Waals surface area contributed by atoms with E-state index in [1.54, 1.807) is 0 Å². The number of aromatic nitrogens is 2. The van der Waals surface area contributed by atoms with Crippen molar-refractivity contribution in [3.63, 3.8) is 0 Å². The van der Waals surface area contributed by atoms with Gasteiger partial charge in [-0.15, -0.1) is 0 Å². The van der Waals surface area contributed by atoms with Gasteiger partial charge >= 0.3 is 0 Å². The van der Waals surface area contributed by atoms with E-state index >= 15 is 0 Å². The summed E-state index contributed by atoms with van der Waals surface area (Å²) >= 11 is 0. The minimum atomic E-state index is -0.181. The van der Waals surface area contributed by atoms with Crippen LogP contribution >= 0.6 is 0 Å². The monoisotopic (exact) mass is 301 g/mol. The van der Waals surface area contributed by atoms with E-state index in [2.05, 4.69) is 42.9 Å². The fourth-order valence-electron chi connectivity index (χ4n) is 2.10. The molecule has 0 fully saturated rings. The van der Waals surface area contributed by atoms with E-state index in [-0.39, 0.29) is 17.5 Å². The highest BCUT2D eigenvalue weighted by atomic mass is 16.5. The minimum absolute atomic E-state index is 0.130. The first kappa shape index (κ1) is 16.2. The molecule has 1 aromatic carbocycles. The highest BCUT2D eigenvalue weighted by molar-refractivity contribution is 5.31. The molecule has 0 radical (unpaired) electrons. The summed E-state index contributed by atoms with van der Waals surface area (Å²) in [5.41, 5.74) is 7.32. The molecule has 0 aliphatic rings. The van der Waals surface area contributed by atoms with Crippen LogP contribution in [0.5, 0.6) is 5.75 Å².